The van der Waals surface area contributed by atoms with Crippen molar-refractivity contribution in [3.63, 3.8) is 0 Å². The highest BCUT2D eigenvalue weighted by molar-refractivity contribution is 4.67. The molecule has 0 unspecified atom stereocenters. The Balaban J connectivity index is 3.19. The van der Waals surface area contributed by atoms with Gasteiger partial charge in [-0.05, 0) is 13.0 Å². The summed E-state index contributed by atoms with van der Waals surface area (Å²) in [5.41, 5.74) is 0. The van der Waals surface area contributed by atoms with Crippen LogP contribution in [0.15, 0.2) is 0 Å². The smallest absolute Gasteiger partial charge is 0.282 e. The largest absolute Gasteiger partial charge is 0.390 e. The highest BCUT2D eigenvalue weighted by Gasteiger charge is 2.26. The molecular weight excluding hydrogens is 168 g/mol. The van der Waals surface area contributed by atoms with Gasteiger partial charge in [-0.15, -0.1) is 0 Å². The fourth-order valence-corrected chi connectivity index (χ4v) is 0.669. The zero-order valence-corrected chi connectivity index (χ0v) is 7.15. The number of aliphatic hydroxyl groups excluding tert-OH is 1. The summed E-state index contributed by atoms with van der Waals surface area (Å²) in [4.78, 5) is 0. The van der Waals surface area contributed by atoms with E-state index in [1.165, 1.54) is 0 Å². The summed E-state index contributed by atoms with van der Waals surface area (Å²) >= 11 is 0. The molecule has 2 N–H and O–H groups in total. The van der Waals surface area contributed by atoms with Gasteiger partial charge in [-0.3, -0.25) is 0 Å². The number of hydrogen-bond acceptors (Lipinski definition) is 3. The average Bonchev–Trinajstić information content (AvgIpc) is 2.04. The number of aliphatic hydroxyl groups is 1. The second kappa shape index (κ2) is 6.28. The number of halogens is 2. The highest BCUT2D eigenvalue weighted by atomic mass is 19.3. The van der Waals surface area contributed by atoms with E-state index >= 15 is 0 Å². The van der Waals surface area contributed by atoms with Crippen molar-refractivity contribution in [1.29, 1.82) is 0 Å². The molecule has 0 bridgehead atoms. The molecular formula is C7H15F2NO2. The van der Waals surface area contributed by atoms with E-state index < -0.39 is 19.1 Å². The van der Waals surface area contributed by atoms with E-state index in [0.717, 1.165) is 0 Å². The molecule has 0 aromatic rings. The van der Waals surface area contributed by atoms with Crippen molar-refractivity contribution in [2.75, 3.05) is 33.4 Å². The molecule has 0 spiro atoms. The average molecular weight is 183 g/mol. The van der Waals surface area contributed by atoms with Gasteiger partial charge in [0.05, 0.1) is 6.54 Å². The summed E-state index contributed by atoms with van der Waals surface area (Å²) in [5.74, 6) is -3.01. The fraction of sp³-hybridized carbons (Fsp3) is 1.00. The van der Waals surface area contributed by atoms with Crippen LogP contribution in [0.25, 0.3) is 0 Å². The van der Waals surface area contributed by atoms with Crippen LogP contribution in [-0.4, -0.2) is 44.4 Å². The Morgan fingerprint density at radius 1 is 1.50 bits per heavy atom. The molecule has 12 heavy (non-hydrogen) atoms. The van der Waals surface area contributed by atoms with Crippen molar-refractivity contribution in [3.8, 4) is 0 Å². The third kappa shape index (κ3) is 6.45. The van der Waals surface area contributed by atoms with E-state index in [-0.39, 0.29) is 0 Å². The van der Waals surface area contributed by atoms with Crippen LogP contribution in [0.4, 0.5) is 8.78 Å². The first-order valence-electron chi connectivity index (χ1n) is 3.81. The van der Waals surface area contributed by atoms with Gasteiger partial charge < -0.3 is 15.2 Å². The molecule has 0 aliphatic carbocycles. The summed E-state index contributed by atoms with van der Waals surface area (Å²) in [7, 11) is 1.56. The van der Waals surface area contributed by atoms with Crippen LogP contribution in [0.3, 0.4) is 0 Å². The van der Waals surface area contributed by atoms with Gasteiger partial charge >= 0.3 is 0 Å². The molecule has 0 aromatic carbocycles. The van der Waals surface area contributed by atoms with E-state index in [2.05, 4.69) is 5.32 Å². The Kier molecular flexibility index (Phi) is 6.14. The monoisotopic (exact) mass is 183 g/mol. The molecule has 0 rings (SSSR count). The fourth-order valence-electron chi connectivity index (χ4n) is 0.669. The van der Waals surface area contributed by atoms with Gasteiger partial charge in [0.2, 0.25) is 0 Å². The minimum Gasteiger partial charge on any atom is -0.390 e. The van der Waals surface area contributed by atoms with Crippen molar-refractivity contribution < 1.29 is 18.6 Å². The van der Waals surface area contributed by atoms with E-state index in [0.29, 0.717) is 19.6 Å². The lowest BCUT2D eigenvalue weighted by molar-refractivity contribution is -0.0476. The summed E-state index contributed by atoms with van der Waals surface area (Å²) in [6.07, 6.45) is 0.692. The lowest BCUT2D eigenvalue weighted by Crippen LogP contribution is -2.36. The Bertz CT molecular complexity index is 112. The lowest BCUT2D eigenvalue weighted by atomic mass is 10.3. The zero-order chi connectivity index (χ0) is 9.45. The van der Waals surface area contributed by atoms with Crippen LogP contribution < -0.4 is 5.32 Å². The van der Waals surface area contributed by atoms with Gasteiger partial charge in [0.15, 0.2) is 0 Å². The lowest BCUT2D eigenvalue weighted by Gasteiger charge is -2.13. The van der Waals surface area contributed by atoms with Crippen LogP contribution in [-0.2, 0) is 4.74 Å². The number of nitrogens with one attached hydrogen (secondary N) is 1. The normalized spacial score (nSPS) is 12.0. The summed E-state index contributed by atoms with van der Waals surface area (Å²) in [6, 6.07) is 0. The molecule has 0 saturated carbocycles. The molecule has 3 nitrogen and oxygen atoms in total. The number of alkyl halides is 2. The summed E-state index contributed by atoms with van der Waals surface area (Å²) < 4.78 is 29.4. The van der Waals surface area contributed by atoms with Gasteiger partial charge in [0.25, 0.3) is 5.92 Å². The third-order valence-electron chi connectivity index (χ3n) is 1.32. The topological polar surface area (TPSA) is 41.5 Å². The van der Waals surface area contributed by atoms with Crippen LogP contribution in [0, 0.1) is 0 Å². The summed E-state index contributed by atoms with van der Waals surface area (Å²) in [5, 5.41) is 10.7. The molecule has 0 fully saturated rings. The molecule has 0 saturated heterocycles. The Morgan fingerprint density at radius 3 is 2.67 bits per heavy atom. The van der Waals surface area contributed by atoms with E-state index in [9.17, 15) is 8.78 Å². The Hall–Kier alpha value is -0.260. The molecule has 0 atom stereocenters. The Morgan fingerprint density at radius 2 is 2.17 bits per heavy atom. The standard InChI is InChI=1S/C7H15F2NO2/c1-12-4-2-3-10-5-7(8,9)6-11/h10-11H,2-6H2,1H3. The van der Waals surface area contributed by atoms with E-state index in [4.69, 9.17) is 9.84 Å². The second-order valence-corrected chi connectivity index (χ2v) is 2.54. The number of rotatable bonds is 7. The van der Waals surface area contributed by atoms with E-state index in [1.807, 2.05) is 0 Å². The van der Waals surface area contributed by atoms with Crippen molar-refractivity contribution in [3.05, 3.63) is 0 Å². The minimum atomic E-state index is -3.01. The quantitative estimate of drug-likeness (QED) is 0.555. The maximum absolute atomic E-state index is 12.3. The molecule has 5 heteroatoms. The van der Waals surface area contributed by atoms with Gasteiger partial charge in [-0.1, -0.05) is 0 Å². The molecule has 0 aliphatic heterocycles. The van der Waals surface area contributed by atoms with E-state index in [1.54, 1.807) is 7.11 Å². The first-order valence-corrected chi connectivity index (χ1v) is 3.81. The SMILES string of the molecule is COCCCNCC(F)(F)CO. The minimum absolute atomic E-state index is 0.476. The molecule has 74 valence electrons. The zero-order valence-electron chi connectivity index (χ0n) is 7.15. The molecule has 0 aliphatic rings. The number of hydrogen-bond donors (Lipinski definition) is 2. The Labute approximate surface area is 70.7 Å². The molecule has 0 aromatic heterocycles. The van der Waals surface area contributed by atoms with Crippen LogP contribution in [0.1, 0.15) is 6.42 Å². The van der Waals surface area contributed by atoms with Crippen LogP contribution in [0.2, 0.25) is 0 Å². The third-order valence-corrected chi connectivity index (χ3v) is 1.32. The first kappa shape index (κ1) is 11.7. The molecule has 0 amide bonds. The van der Waals surface area contributed by atoms with Crippen molar-refractivity contribution in [1.82, 2.24) is 5.32 Å². The van der Waals surface area contributed by atoms with Crippen molar-refractivity contribution in [2.45, 2.75) is 12.3 Å². The van der Waals surface area contributed by atoms with Crippen molar-refractivity contribution >= 4 is 0 Å². The predicted molar refractivity (Wildman–Crippen MR) is 41.4 cm³/mol. The van der Waals surface area contributed by atoms with Crippen molar-refractivity contribution in [2.24, 2.45) is 0 Å². The molecule has 0 radical (unpaired) electrons. The van der Waals surface area contributed by atoms with Gasteiger partial charge in [-0.25, -0.2) is 8.78 Å². The maximum Gasteiger partial charge on any atom is 0.282 e. The second-order valence-electron chi connectivity index (χ2n) is 2.54. The maximum atomic E-state index is 12.3. The van der Waals surface area contributed by atoms with Gasteiger partial charge in [-0.2, -0.15) is 0 Å². The summed E-state index contributed by atoms with van der Waals surface area (Å²) in [6.45, 7) is -0.557. The first-order chi connectivity index (χ1) is 5.62. The van der Waals surface area contributed by atoms with Gasteiger partial charge in [0, 0.05) is 13.7 Å². The predicted octanol–water partition coefficient (Wildman–Crippen LogP) is 0.240. The molecule has 0 heterocycles. The van der Waals surface area contributed by atoms with Crippen LogP contribution in [0.5, 0.6) is 0 Å². The van der Waals surface area contributed by atoms with Crippen LogP contribution >= 0.6 is 0 Å². The number of ether oxygens (including phenoxy) is 1. The van der Waals surface area contributed by atoms with Gasteiger partial charge in [0.1, 0.15) is 6.61 Å². The highest BCUT2D eigenvalue weighted by Crippen LogP contribution is 2.09. The number of methoxy groups -OCH3 is 1.